The molecule has 1 aliphatic heterocycles. The third kappa shape index (κ3) is 3.16. The second kappa shape index (κ2) is 7.01. The fraction of sp³-hybridized carbons (Fsp3) is 0.684. The average molecular weight is 301 g/mol. The summed E-state index contributed by atoms with van der Waals surface area (Å²) in [5, 5.41) is 0. The summed E-state index contributed by atoms with van der Waals surface area (Å²) in [6, 6.07) is 7.71. The number of anilines is 1. The third-order valence-electron chi connectivity index (χ3n) is 5.61. The molecule has 0 saturated carbocycles. The number of hydrogen-bond acceptors (Lipinski definition) is 3. The van der Waals surface area contributed by atoms with Crippen LogP contribution in [0.5, 0.6) is 0 Å². The zero-order chi connectivity index (χ0) is 15.5. The van der Waals surface area contributed by atoms with Gasteiger partial charge < -0.3 is 14.7 Å². The number of hydrogen-bond donors (Lipinski definition) is 0. The Morgan fingerprint density at radius 2 is 1.82 bits per heavy atom. The zero-order valence-electron chi connectivity index (χ0n) is 14.5. The van der Waals surface area contributed by atoms with E-state index >= 15 is 0 Å². The monoisotopic (exact) mass is 301 g/mol. The van der Waals surface area contributed by atoms with Crippen molar-refractivity contribution in [2.24, 2.45) is 0 Å². The highest BCUT2D eigenvalue weighted by Crippen LogP contribution is 2.32. The number of piperazine rings is 1. The molecule has 1 atom stereocenters. The molecule has 0 N–H and O–H groups in total. The van der Waals surface area contributed by atoms with Crippen LogP contribution < -0.4 is 4.90 Å². The summed E-state index contributed by atoms with van der Waals surface area (Å²) in [4.78, 5) is 7.69. The molecule has 1 aromatic rings. The first kappa shape index (κ1) is 15.8. The third-order valence-corrected chi connectivity index (χ3v) is 5.61. The van der Waals surface area contributed by atoms with Gasteiger partial charge in [-0.15, -0.1) is 0 Å². The van der Waals surface area contributed by atoms with Crippen molar-refractivity contribution in [2.75, 3.05) is 51.2 Å². The quantitative estimate of drug-likeness (QED) is 0.846. The lowest BCUT2D eigenvalue weighted by Gasteiger charge is -2.39. The summed E-state index contributed by atoms with van der Waals surface area (Å²) in [7, 11) is 2.23. The van der Waals surface area contributed by atoms with Crippen LogP contribution in [0.2, 0.25) is 0 Å². The van der Waals surface area contributed by atoms with E-state index < -0.39 is 0 Å². The molecular formula is C19H31N3. The van der Waals surface area contributed by atoms with E-state index in [-0.39, 0.29) is 0 Å². The van der Waals surface area contributed by atoms with Crippen LogP contribution >= 0.6 is 0 Å². The highest BCUT2D eigenvalue weighted by atomic mass is 15.2. The fourth-order valence-electron chi connectivity index (χ4n) is 4.15. The molecule has 3 rings (SSSR count). The normalized spacial score (nSPS) is 22.9. The number of fused-ring (bicyclic) bond motifs is 1. The first-order valence-electron chi connectivity index (χ1n) is 9.01. The molecule has 1 fully saturated rings. The molecule has 0 aromatic heterocycles. The largest absolute Gasteiger partial charge is 0.369 e. The van der Waals surface area contributed by atoms with Crippen molar-refractivity contribution in [1.82, 2.24) is 9.80 Å². The van der Waals surface area contributed by atoms with Gasteiger partial charge >= 0.3 is 0 Å². The van der Waals surface area contributed by atoms with Crippen molar-refractivity contribution in [3.63, 3.8) is 0 Å². The molecule has 2 aliphatic rings. The molecular weight excluding hydrogens is 270 g/mol. The van der Waals surface area contributed by atoms with Crippen LogP contribution in [-0.2, 0) is 12.8 Å². The van der Waals surface area contributed by atoms with Crippen LogP contribution in [0.25, 0.3) is 0 Å². The van der Waals surface area contributed by atoms with Crippen molar-refractivity contribution in [1.29, 1.82) is 0 Å². The number of benzene rings is 1. The maximum atomic E-state index is 2.64. The molecule has 1 aliphatic carbocycles. The molecule has 1 aromatic carbocycles. The van der Waals surface area contributed by atoms with Crippen LogP contribution in [-0.4, -0.2) is 62.2 Å². The van der Waals surface area contributed by atoms with Gasteiger partial charge in [0.15, 0.2) is 0 Å². The van der Waals surface area contributed by atoms with Crippen LogP contribution in [0.15, 0.2) is 18.2 Å². The summed E-state index contributed by atoms with van der Waals surface area (Å²) in [5.41, 5.74) is 4.75. The van der Waals surface area contributed by atoms with Crippen molar-refractivity contribution >= 4 is 5.69 Å². The van der Waals surface area contributed by atoms with Crippen LogP contribution in [0.4, 0.5) is 5.69 Å². The number of nitrogens with zero attached hydrogens (tertiary/aromatic N) is 3. The standard InChI is InChI=1S/C19H31N3/c1-4-21(5-2)17-10-9-16-7-6-8-19(18(16)15-17)22-13-11-20(3)12-14-22/h6-8,17H,4-5,9-15H2,1-3H3/t17-/m1/s1. The van der Waals surface area contributed by atoms with Gasteiger partial charge in [-0.3, -0.25) is 0 Å². The number of likely N-dealkylation sites (N-methyl/N-ethyl adjacent to an activating group) is 2. The van der Waals surface area contributed by atoms with Gasteiger partial charge in [-0.2, -0.15) is 0 Å². The van der Waals surface area contributed by atoms with Gasteiger partial charge in [0, 0.05) is 37.9 Å². The van der Waals surface area contributed by atoms with Gasteiger partial charge in [-0.05, 0) is 56.6 Å². The second-order valence-corrected chi connectivity index (χ2v) is 6.82. The van der Waals surface area contributed by atoms with E-state index in [9.17, 15) is 0 Å². The van der Waals surface area contributed by atoms with Gasteiger partial charge in [0.1, 0.15) is 0 Å². The van der Waals surface area contributed by atoms with Crippen LogP contribution in [0, 0.1) is 0 Å². The van der Waals surface area contributed by atoms with Gasteiger partial charge in [0.25, 0.3) is 0 Å². The molecule has 1 heterocycles. The summed E-state index contributed by atoms with van der Waals surface area (Å²) < 4.78 is 0. The zero-order valence-corrected chi connectivity index (χ0v) is 14.5. The summed E-state index contributed by atoms with van der Waals surface area (Å²) >= 11 is 0. The summed E-state index contributed by atoms with van der Waals surface area (Å²) in [6.07, 6.45) is 3.80. The number of rotatable bonds is 4. The summed E-state index contributed by atoms with van der Waals surface area (Å²) in [5.74, 6) is 0. The first-order chi connectivity index (χ1) is 10.7. The van der Waals surface area contributed by atoms with Gasteiger partial charge in [-0.25, -0.2) is 0 Å². The Bertz CT molecular complexity index is 487. The lowest BCUT2D eigenvalue weighted by atomic mass is 9.86. The van der Waals surface area contributed by atoms with Gasteiger partial charge in [-0.1, -0.05) is 26.0 Å². The Hall–Kier alpha value is -1.06. The Balaban J connectivity index is 1.82. The van der Waals surface area contributed by atoms with Crippen molar-refractivity contribution < 1.29 is 0 Å². The van der Waals surface area contributed by atoms with E-state index in [1.54, 1.807) is 11.1 Å². The Morgan fingerprint density at radius 3 is 2.50 bits per heavy atom. The van der Waals surface area contributed by atoms with E-state index in [1.807, 2.05) is 0 Å². The Kier molecular flexibility index (Phi) is 5.04. The van der Waals surface area contributed by atoms with E-state index in [4.69, 9.17) is 0 Å². The van der Waals surface area contributed by atoms with E-state index in [2.05, 4.69) is 53.8 Å². The smallest absolute Gasteiger partial charge is 0.0403 e. The molecule has 22 heavy (non-hydrogen) atoms. The summed E-state index contributed by atoms with van der Waals surface area (Å²) in [6.45, 7) is 11.6. The Morgan fingerprint density at radius 1 is 1.09 bits per heavy atom. The minimum Gasteiger partial charge on any atom is -0.369 e. The molecule has 0 unspecified atom stereocenters. The predicted octanol–water partition coefficient (Wildman–Crippen LogP) is 2.64. The first-order valence-corrected chi connectivity index (χ1v) is 9.01. The molecule has 0 radical (unpaired) electrons. The van der Waals surface area contributed by atoms with Gasteiger partial charge in [0.05, 0.1) is 0 Å². The van der Waals surface area contributed by atoms with E-state index in [1.165, 1.54) is 64.2 Å². The fourth-order valence-corrected chi connectivity index (χ4v) is 4.15. The predicted molar refractivity (Wildman–Crippen MR) is 94.9 cm³/mol. The van der Waals surface area contributed by atoms with Crippen molar-refractivity contribution in [2.45, 2.75) is 39.2 Å². The highest BCUT2D eigenvalue weighted by molar-refractivity contribution is 5.58. The average Bonchev–Trinajstić information content (AvgIpc) is 2.56. The Labute approximate surface area is 135 Å². The maximum absolute atomic E-state index is 2.64. The SMILES string of the molecule is CCN(CC)[C@@H]1CCc2cccc(N3CCN(C)CC3)c2C1. The number of aryl methyl sites for hydroxylation is 1. The molecule has 1 saturated heterocycles. The van der Waals surface area contributed by atoms with E-state index in [0.29, 0.717) is 0 Å². The maximum Gasteiger partial charge on any atom is 0.0403 e. The van der Waals surface area contributed by atoms with E-state index in [0.717, 1.165) is 6.04 Å². The highest BCUT2D eigenvalue weighted by Gasteiger charge is 2.26. The topological polar surface area (TPSA) is 9.72 Å². The lowest BCUT2D eigenvalue weighted by Crippen LogP contribution is -2.45. The molecule has 0 spiro atoms. The molecule has 0 amide bonds. The van der Waals surface area contributed by atoms with Crippen LogP contribution in [0.3, 0.4) is 0 Å². The molecule has 3 nitrogen and oxygen atoms in total. The minimum absolute atomic E-state index is 0.733. The van der Waals surface area contributed by atoms with Crippen molar-refractivity contribution in [3.05, 3.63) is 29.3 Å². The van der Waals surface area contributed by atoms with Gasteiger partial charge in [0.2, 0.25) is 0 Å². The molecule has 3 heteroatoms. The molecule has 0 bridgehead atoms. The lowest BCUT2D eigenvalue weighted by molar-refractivity contribution is 0.199. The minimum atomic E-state index is 0.733. The second-order valence-electron chi connectivity index (χ2n) is 6.82. The van der Waals surface area contributed by atoms with Crippen LogP contribution in [0.1, 0.15) is 31.4 Å². The van der Waals surface area contributed by atoms with Crippen molar-refractivity contribution in [3.8, 4) is 0 Å². The molecule has 122 valence electrons.